The Morgan fingerprint density at radius 3 is 3.00 bits per heavy atom. The summed E-state index contributed by atoms with van der Waals surface area (Å²) < 4.78 is 4.99. The summed E-state index contributed by atoms with van der Waals surface area (Å²) in [6, 6.07) is 3.32. The quantitative estimate of drug-likeness (QED) is 0.837. The van der Waals surface area contributed by atoms with Crippen LogP contribution in [0.25, 0.3) is 0 Å². The number of carbonyl (C=O) groups excluding carboxylic acids is 1. The summed E-state index contributed by atoms with van der Waals surface area (Å²) in [6.45, 7) is 1.88. The number of methoxy groups -OCH3 is 1. The number of nitrogens with one attached hydrogen (secondary N) is 1. The molecule has 0 aromatic carbocycles. The van der Waals surface area contributed by atoms with E-state index in [1.165, 1.54) is 13.2 Å². The van der Waals surface area contributed by atoms with Gasteiger partial charge in [-0.3, -0.25) is 4.79 Å². The van der Waals surface area contributed by atoms with Gasteiger partial charge in [-0.25, -0.2) is 4.98 Å². The maximum Gasteiger partial charge on any atom is 0.251 e. The Hall–Kier alpha value is -1.33. The first-order valence-corrected chi connectivity index (χ1v) is 6.17. The van der Waals surface area contributed by atoms with Crippen LogP contribution < -0.4 is 10.1 Å². The molecule has 0 radical (unpaired) electrons. The van der Waals surface area contributed by atoms with Crippen molar-refractivity contribution in [2.75, 3.05) is 27.2 Å². The van der Waals surface area contributed by atoms with Crippen LogP contribution in [0.4, 0.5) is 0 Å². The summed E-state index contributed by atoms with van der Waals surface area (Å²) in [5.41, 5.74) is 0.474. The SMILES string of the molecule is COc1cc(C(=O)NC2CCN(C)C2)cc(Cl)n1. The van der Waals surface area contributed by atoms with E-state index < -0.39 is 0 Å². The van der Waals surface area contributed by atoms with Crippen LogP contribution in [0.1, 0.15) is 16.8 Å². The Balaban J connectivity index is 2.06. The van der Waals surface area contributed by atoms with E-state index in [4.69, 9.17) is 16.3 Å². The van der Waals surface area contributed by atoms with Gasteiger partial charge in [-0.2, -0.15) is 0 Å². The number of pyridine rings is 1. The van der Waals surface area contributed by atoms with E-state index in [1.54, 1.807) is 6.07 Å². The highest BCUT2D eigenvalue weighted by Crippen LogP contribution is 2.16. The highest BCUT2D eigenvalue weighted by atomic mass is 35.5. The van der Waals surface area contributed by atoms with Gasteiger partial charge in [0.05, 0.1) is 7.11 Å². The number of carbonyl (C=O) groups is 1. The van der Waals surface area contributed by atoms with Gasteiger partial charge in [0.2, 0.25) is 5.88 Å². The molecule has 0 aliphatic carbocycles. The lowest BCUT2D eigenvalue weighted by atomic mass is 10.2. The Morgan fingerprint density at radius 2 is 2.39 bits per heavy atom. The highest BCUT2D eigenvalue weighted by molar-refractivity contribution is 6.29. The van der Waals surface area contributed by atoms with Crippen LogP contribution in [0.15, 0.2) is 12.1 Å². The number of hydrogen-bond acceptors (Lipinski definition) is 4. The normalized spacial score (nSPS) is 19.8. The van der Waals surface area contributed by atoms with Crippen molar-refractivity contribution in [3.8, 4) is 5.88 Å². The number of rotatable bonds is 3. The Morgan fingerprint density at radius 1 is 1.61 bits per heavy atom. The molecule has 1 aromatic rings. The standard InChI is InChI=1S/C12H16ClN3O2/c1-16-4-3-9(7-16)14-12(17)8-5-10(13)15-11(6-8)18-2/h5-6,9H,3-4,7H2,1-2H3,(H,14,17). The predicted molar refractivity (Wildman–Crippen MR) is 69.2 cm³/mol. The predicted octanol–water partition coefficient (Wildman–Crippen LogP) is 1.18. The summed E-state index contributed by atoms with van der Waals surface area (Å²) in [4.78, 5) is 18.2. The van der Waals surface area contributed by atoms with Crippen LogP contribution in [-0.4, -0.2) is 49.1 Å². The molecule has 2 heterocycles. The van der Waals surface area contributed by atoms with Crippen LogP contribution in [0.5, 0.6) is 5.88 Å². The first-order chi connectivity index (χ1) is 8.58. The van der Waals surface area contributed by atoms with Gasteiger partial charge in [0.15, 0.2) is 0 Å². The van der Waals surface area contributed by atoms with Crippen molar-refractivity contribution in [3.63, 3.8) is 0 Å². The lowest BCUT2D eigenvalue weighted by molar-refractivity contribution is 0.0938. The second-order valence-corrected chi connectivity index (χ2v) is 4.83. The number of nitrogens with zero attached hydrogens (tertiary/aromatic N) is 2. The molecule has 98 valence electrons. The van der Waals surface area contributed by atoms with Crippen molar-refractivity contribution >= 4 is 17.5 Å². The third-order valence-corrected chi connectivity index (χ3v) is 3.16. The number of ether oxygens (including phenoxy) is 1. The van der Waals surface area contributed by atoms with E-state index in [9.17, 15) is 4.79 Å². The molecular weight excluding hydrogens is 254 g/mol. The maximum atomic E-state index is 12.1. The zero-order valence-corrected chi connectivity index (χ0v) is 11.2. The molecule has 5 nitrogen and oxygen atoms in total. The molecule has 6 heteroatoms. The lowest BCUT2D eigenvalue weighted by Gasteiger charge is -2.13. The molecule has 1 saturated heterocycles. The van der Waals surface area contributed by atoms with Gasteiger partial charge in [0.25, 0.3) is 5.91 Å². The maximum absolute atomic E-state index is 12.1. The zero-order chi connectivity index (χ0) is 13.1. The molecule has 1 unspecified atom stereocenters. The molecule has 1 amide bonds. The van der Waals surface area contributed by atoms with E-state index >= 15 is 0 Å². The fourth-order valence-electron chi connectivity index (χ4n) is 2.03. The minimum atomic E-state index is -0.141. The number of amides is 1. The summed E-state index contributed by atoms with van der Waals surface area (Å²) >= 11 is 5.83. The van der Waals surface area contributed by atoms with Crippen molar-refractivity contribution in [2.24, 2.45) is 0 Å². The van der Waals surface area contributed by atoms with Crippen LogP contribution in [0, 0.1) is 0 Å². The summed E-state index contributed by atoms with van der Waals surface area (Å²) in [5.74, 6) is 0.203. The molecule has 1 atom stereocenters. The van der Waals surface area contributed by atoms with E-state index in [-0.39, 0.29) is 17.1 Å². The Labute approximate surface area is 111 Å². The number of halogens is 1. The molecule has 1 aromatic heterocycles. The fourth-order valence-corrected chi connectivity index (χ4v) is 2.23. The topological polar surface area (TPSA) is 54.5 Å². The second kappa shape index (κ2) is 5.54. The smallest absolute Gasteiger partial charge is 0.251 e. The molecular formula is C12H16ClN3O2. The molecule has 2 rings (SSSR count). The minimum absolute atomic E-state index is 0.141. The number of likely N-dealkylation sites (tertiary alicyclic amines) is 1. The average molecular weight is 270 g/mol. The van der Waals surface area contributed by atoms with Crippen molar-refractivity contribution in [2.45, 2.75) is 12.5 Å². The van der Waals surface area contributed by atoms with Gasteiger partial charge in [-0.15, -0.1) is 0 Å². The zero-order valence-electron chi connectivity index (χ0n) is 10.4. The first kappa shape index (κ1) is 13.1. The summed E-state index contributed by atoms with van der Waals surface area (Å²) in [6.07, 6.45) is 0.970. The van der Waals surface area contributed by atoms with E-state index in [0.29, 0.717) is 11.4 Å². The monoisotopic (exact) mass is 269 g/mol. The molecule has 1 aliphatic heterocycles. The minimum Gasteiger partial charge on any atom is -0.481 e. The Kier molecular flexibility index (Phi) is 4.04. The van der Waals surface area contributed by atoms with Gasteiger partial charge in [-0.05, 0) is 26.1 Å². The third-order valence-electron chi connectivity index (χ3n) is 2.97. The van der Waals surface area contributed by atoms with Crippen LogP contribution in [0.2, 0.25) is 5.15 Å². The fraction of sp³-hybridized carbons (Fsp3) is 0.500. The van der Waals surface area contributed by atoms with Gasteiger partial charge >= 0.3 is 0 Å². The van der Waals surface area contributed by atoms with Crippen LogP contribution in [-0.2, 0) is 0 Å². The van der Waals surface area contributed by atoms with Crippen molar-refractivity contribution < 1.29 is 9.53 Å². The largest absolute Gasteiger partial charge is 0.481 e. The van der Waals surface area contributed by atoms with Crippen molar-refractivity contribution in [1.82, 2.24) is 15.2 Å². The van der Waals surface area contributed by atoms with Gasteiger partial charge in [0.1, 0.15) is 5.15 Å². The molecule has 0 bridgehead atoms. The van der Waals surface area contributed by atoms with Gasteiger partial charge < -0.3 is 15.0 Å². The van der Waals surface area contributed by atoms with Crippen molar-refractivity contribution in [3.05, 3.63) is 22.8 Å². The third kappa shape index (κ3) is 3.11. The van der Waals surface area contributed by atoms with E-state index in [2.05, 4.69) is 15.2 Å². The molecule has 0 spiro atoms. The number of likely N-dealkylation sites (N-methyl/N-ethyl adjacent to an activating group) is 1. The molecule has 1 fully saturated rings. The van der Waals surface area contributed by atoms with Gasteiger partial charge in [0, 0.05) is 24.2 Å². The number of aromatic nitrogens is 1. The highest BCUT2D eigenvalue weighted by Gasteiger charge is 2.22. The van der Waals surface area contributed by atoms with Crippen LogP contribution >= 0.6 is 11.6 Å². The summed E-state index contributed by atoms with van der Waals surface area (Å²) in [5, 5.41) is 3.23. The first-order valence-electron chi connectivity index (χ1n) is 5.79. The number of hydrogen-bond donors (Lipinski definition) is 1. The Bertz CT molecular complexity index is 453. The molecule has 1 N–H and O–H groups in total. The molecule has 18 heavy (non-hydrogen) atoms. The lowest BCUT2D eigenvalue weighted by Crippen LogP contribution is -2.36. The molecule has 0 saturated carbocycles. The van der Waals surface area contributed by atoms with Gasteiger partial charge in [-0.1, -0.05) is 11.6 Å². The molecule has 1 aliphatic rings. The van der Waals surface area contributed by atoms with Crippen LogP contribution in [0.3, 0.4) is 0 Å². The van der Waals surface area contributed by atoms with Crippen molar-refractivity contribution in [1.29, 1.82) is 0 Å². The van der Waals surface area contributed by atoms with E-state index in [0.717, 1.165) is 19.5 Å². The average Bonchev–Trinajstić information content (AvgIpc) is 2.73. The van der Waals surface area contributed by atoms with E-state index in [1.807, 2.05) is 7.05 Å². The summed E-state index contributed by atoms with van der Waals surface area (Å²) in [7, 11) is 3.53. The second-order valence-electron chi connectivity index (χ2n) is 4.44.